The van der Waals surface area contributed by atoms with E-state index in [4.69, 9.17) is 11.6 Å². The topological polar surface area (TPSA) is 35.6 Å². The van der Waals surface area contributed by atoms with Gasteiger partial charge in [-0.1, -0.05) is 17.7 Å². The SMILES string of the molecule is Cc1ccc(N2CCN3CCNC[C@@H]3C2=O)cc1Cl. The summed E-state index contributed by atoms with van der Waals surface area (Å²) in [6, 6.07) is 5.81. The average Bonchev–Trinajstić information content (AvgIpc) is 2.43. The van der Waals surface area contributed by atoms with Crippen LogP contribution in [0.25, 0.3) is 0 Å². The van der Waals surface area contributed by atoms with E-state index in [0.29, 0.717) is 0 Å². The van der Waals surface area contributed by atoms with Crippen LogP contribution >= 0.6 is 11.6 Å². The van der Waals surface area contributed by atoms with Gasteiger partial charge in [0.15, 0.2) is 0 Å². The van der Waals surface area contributed by atoms with E-state index in [1.807, 2.05) is 30.0 Å². The summed E-state index contributed by atoms with van der Waals surface area (Å²) in [5.41, 5.74) is 1.95. The maximum atomic E-state index is 12.6. The highest BCUT2D eigenvalue weighted by Gasteiger charge is 2.36. The van der Waals surface area contributed by atoms with Crippen molar-refractivity contribution in [1.29, 1.82) is 0 Å². The molecule has 0 aromatic heterocycles. The lowest BCUT2D eigenvalue weighted by molar-refractivity contribution is -0.126. The summed E-state index contributed by atoms with van der Waals surface area (Å²) in [5.74, 6) is 0.179. The predicted molar refractivity (Wildman–Crippen MR) is 76.8 cm³/mol. The van der Waals surface area contributed by atoms with Crippen molar-refractivity contribution in [1.82, 2.24) is 10.2 Å². The summed E-state index contributed by atoms with van der Waals surface area (Å²) < 4.78 is 0. The maximum absolute atomic E-state index is 12.6. The molecule has 2 aliphatic heterocycles. The second-order valence-electron chi connectivity index (χ2n) is 5.18. The predicted octanol–water partition coefficient (Wildman–Crippen LogP) is 1.27. The number of fused-ring (bicyclic) bond motifs is 1. The van der Waals surface area contributed by atoms with Gasteiger partial charge in [-0.15, -0.1) is 0 Å². The van der Waals surface area contributed by atoms with E-state index in [0.717, 1.165) is 49.0 Å². The minimum Gasteiger partial charge on any atom is -0.313 e. The van der Waals surface area contributed by atoms with Crippen LogP contribution in [-0.4, -0.2) is 49.6 Å². The molecule has 4 nitrogen and oxygen atoms in total. The number of hydrogen-bond donors (Lipinski definition) is 1. The molecule has 2 heterocycles. The molecule has 5 heteroatoms. The lowest BCUT2D eigenvalue weighted by Crippen LogP contribution is -2.64. The fourth-order valence-corrected chi connectivity index (χ4v) is 2.96. The molecule has 1 aromatic carbocycles. The van der Waals surface area contributed by atoms with Gasteiger partial charge in [0.25, 0.3) is 0 Å². The third-order valence-corrected chi connectivity index (χ3v) is 4.39. The van der Waals surface area contributed by atoms with Crippen molar-refractivity contribution in [2.75, 3.05) is 37.6 Å². The molecule has 0 spiro atoms. The van der Waals surface area contributed by atoms with E-state index in [2.05, 4.69) is 10.2 Å². The Labute approximate surface area is 118 Å². The molecular weight excluding hydrogens is 262 g/mol. The molecule has 2 aliphatic rings. The average molecular weight is 280 g/mol. The summed E-state index contributed by atoms with van der Waals surface area (Å²) >= 11 is 6.16. The van der Waals surface area contributed by atoms with E-state index in [1.54, 1.807) is 0 Å². The Morgan fingerprint density at radius 1 is 1.32 bits per heavy atom. The number of rotatable bonds is 1. The normalized spacial score (nSPS) is 24.4. The number of hydrogen-bond acceptors (Lipinski definition) is 3. The van der Waals surface area contributed by atoms with Gasteiger partial charge in [0.1, 0.15) is 6.04 Å². The molecule has 0 radical (unpaired) electrons. The molecule has 2 fully saturated rings. The van der Waals surface area contributed by atoms with Crippen LogP contribution in [0.15, 0.2) is 18.2 Å². The zero-order valence-electron chi connectivity index (χ0n) is 11.0. The van der Waals surface area contributed by atoms with Crippen molar-refractivity contribution in [2.45, 2.75) is 13.0 Å². The summed E-state index contributed by atoms with van der Waals surface area (Å²) in [5, 5.41) is 4.01. The quantitative estimate of drug-likeness (QED) is 0.841. The van der Waals surface area contributed by atoms with E-state index in [-0.39, 0.29) is 11.9 Å². The molecule has 1 aromatic rings. The highest BCUT2D eigenvalue weighted by atomic mass is 35.5. The van der Waals surface area contributed by atoms with Crippen molar-refractivity contribution in [3.05, 3.63) is 28.8 Å². The first-order valence-electron chi connectivity index (χ1n) is 6.69. The number of benzene rings is 1. The Balaban J connectivity index is 1.85. The van der Waals surface area contributed by atoms with E-state index in [1.165, 1.54) is 0 Å². The second-order valence-corrected chi connectivity index (χ2v) is 5.59. The van der Waals surface area contributed by atoms with Gasteiger partial charge >= 0.3 is 0 Å². The summed E-state index contributed by atoms with van der Waals surface area (Å²) in [6.45, 7) is 6.32. The van der Waals surface area contributed by atoms with Crippen molar-refractivity contribution in [3.8, 4) is 0 Å². The smallest absolute Gasteiger partial charge is 0.245 e. The molecule has 0 saturated carbocycles. The van der Waals surface area contributed by atoms with Crippen LogP contribution in [0.1, 0.15) is 5.56 Å². The molecule has 1 atom stereocenters. The minimum absolute atomic E-state index is 0.0254. The van der Waals surface area contributed by atoms with Gasteiger partial charge in [0.05, 0.1) is 0 Å². The number of piperazine rings is 2. The minimum atomic E-state index is -0.0254. The molecule has 0 aliphatic carbocycles. The Hall–Kier alpha value is -1.10. The molecule has 3 rings (SSSR count). The standard InChI is InChI=1S/C14H18ClN3O/c1-10-2-3-11(8-12(10)15)18-7-6-17-5-4-16-9-13(17)14(18)19/h2-3,8,13,16H,4-7,9H2,1H3/t13-/m1/s1. The maximum Gasteiger partial charge on any atom is 0.245 e. The number of aryl methyl sites for hydroxylation is 1. The molecule has 1 N–H and O–H groups in total. The van der Waals surface area contributed by atoms with Crippen LogP contribution in [0.3, 0.4) is 0 Å². The Morgan fingerprint density at radius 3 is 2.95 bits per heavy atom. The Morgan fingerprint density at radius 2 is 2.16 bits per heavy atom. The molecule has 1 amide bonds. The van der Waals surface area contributed by atoms with Crippen LogP contribution in [-0.2, 0) is 4.79 Å². The van der Waals surface area contributed by atoms with Crippen molar-refractivity contribution in [3.63, 3.8) is 0 Å². The molecule has 102 valence electrons. The van der Waals surface area contributed by atoms with Crippen molar-refractivity contribution < 1.29 is 4.79 Å². The fourth-order valence-electron chi connectivity index (χ4n) is 2.78. The van der Waals surface area contributed by atoms with E-state index < -0.39 is 0 Å². The number of nitrogens with zero attached hydrogens (tertiary/aromatic N) is 2. The van der Waals surface area contributed by atoms with Crippen LogP contribution in [0.2, 0.25) is 5.02 Å². The first kappa shape index (κ1) is 12.9. The molecule has 2 saturated heterocycles. The van der Waals surface area contributed by atoms with E-state index in [9.17, 15) is 4.79 Å². The molecule has 0 bridgehead atoms. The number of nitrogens with one attached hydrogen (secondary N) is 1. The van der Waals surface area contributed by atoms with Gasteiger partial charge in [-0.2, -0.15) is 0 Å². The number of anilines is 1. The Bertz CT molecular complexity index is 505. The second kappa shape index (κ2) is 5.12. The van der Waals surface area contributed by atoms with Gasteiger partial charge in [-0.05, 0) is 24.6 Å². The monoisotopic (exact) mass is 279 g/mol. The van der Waals surface area contributed by atoms with Gasteiger partial charge in [-0.3, -0.25) is 9.69 Å². The van der Waals surface area contributed by atoms with Crippen LogP contribution in [0.5, 0.6) is 0 Å². The van der Waals surface area contributed by atoms with Crippen molar-refractivity contribution in [2.24, 2.45) is 0 Å². The van der Waals surface area contributed by atoms with Gasteiger partial charge in [0, 0.05) is 43.4 Å². The number of amides is 1. The fraction of sp³-hybridized carbons (Fsp3) is 0.500. The van der Waals surface area contributed by atoms with Gasteiger partial charge in [0.2, 0.25) is 5.91 Å². The number of carbonyl (C=O) groups excluding carboxylic acids is 1. The van der Waals surface area contributed by atoms with Crippen LogP contribution in [0.4, 0.5) is 5.69 Å². The third kappa shape index (κ3) is 2.36. The zero-order chi connectivity index (χ0) is 13.4. The molecule has 0 unspecified atom stereocenters. The first-order valence-corrected chi connectivity index (χ1v) is 7.07. The van der Waals surface area contributed by atoms with E-state index >= 15 is 0 Å². The summed E-state index contributed by atoms with van der Waals surface area (Å²) in [6.07, 6.45) is 0. The summed E-state index contributed by atoms with van der Waals surface area (Å²) in [4.78, 5) is 16.7. The molecule has 19 heavy (non-hydrogen) atoms. The van der Waals surface area contributed by atoms with Gasteiger partial charge in [-0.25, -0.2) is 0 Å². The Kier molecular flexibility index (Phi) is 3.48. The zero-order valence-corrected chi connectivity index (χ0v) is 11.8. The highest BCUT2D eigenvalue weighted by molar-refractivity contribution is 6.31. The lowest BCUT2D eigenvalue weighted by atomic mass is 10.1. The molecular formula is C14H18ClN3O. The number of carbonyl (C=O) groups is 1. The van der Waals surface area contributed by atoms with Gasteiger partial charge < -0.3 is 10.2 Å². The lowest BCUT2D eigenvalue weighted by Gasteiger charge is -2.43. The largest absolute Gasteiger partial charge is 0.313 e. The van der Waals surface area contributed by atoms with Crippen LogP contribution < -0.4 is 10.2 Å². The highest BCUT2D eigenvalue weighted by Crippen LogP contribution is 2.26. The third-order valence-electron chi connectivity index (χ3n) is 3.98. The van der Waals surface area contributed by atoms with Crippen LogP contribution in [0, 0.1) is 6.92 Å². The number of halogens is 1. The summed E-state index contributed by atoms with van der Waals surface area (Å²) in [7, 11) is 0. The van der Waals surface area contributed by atoms with Crippen molar-refractivity contribution >= 4 is 23.2 Å². The first-order chi connectivity index (χ1) is 9.16.